The summed E-state index contributed by atoms with van der Waals surface area (Å²) in [7, 11) is 0. The summed E-state index contributed by atoms with van der Waals surface area (Å²) in [5, 5.41) is 15.1. The third-order valence-corrected chi connectivity index (χ3v) is 14.6. The molecule has 0 unspecified atom stereocenters. The van der Waals surface area contributed by atoms with Gasteiger partial charge in [0.25, 0.3) is 0 Å². The molecular weight excluding hydrogens is 904 g/mol. The zero-order valence-electron chi connectivity index (χ0n) is 41.0. The van der Waals surface area contributed by atoms with Crippen LogP contribution in [0, 0.1) is 45.9 Å². The van der Waals surface area contributed by atoms with E-state index < -0.39 is 11.7 Å². The van der Waals surface area contributed by atoms with Crippen LogP contribution in [-0.2, 0) is 6.18 Å². The minimum Gasteiger partial charge on any atom is -0.308 e. The molecule has 2 heterocycles. The number of nitriles is 1. The molecular formula is C67H48F3N3. The van der Waals surface area contributed by atoms with Crippen molar-refractivity contribution in [2.75, 3.05) is 0 Å². The summed E-state index contributed by atoms with van der Waals surface area (Å²) in [6.45, 7) is 10.1. The fraction of sp³-hybridized carbons (Fsp3) is 0.0896. The maximum atomic E-state index is 14.6. The molecule has 0 spiro atoms. The molecule has 0 bridgehead atoms. The minimum atomic E-state index is -4.55. The molecule has 6 heteroatoms. The average molecular weight is 952 g/mol. The standard InChI is InChI=1S/C67H48F3N3/c1-40-6-14-46(15-7-40)50-22-28-60-56(35-50)57-36-51(47-16-8-41(2)9-17-47)23-29-61(57)72(60)64-33-45(39-71)34-65(66(64)55-27-26-54(32-44(55)5)67(68,69)70)73-62-30-24-52(48-18-10-42(3)11-19-48)37-58(62)59-38-53(25-31-63(59)73)49-20-12-43(4)13-21-49/h6-38H,1-5H3. The van der Waals surface area contributed by atoms with Gasteiger partial charge in [-0.3, -0.25) is 0 Å². The number of hydrogen-bond acceptors (Lipinski definition) is 1. The Bertz CT molecular complexity index is 3760. The van der Waals surface area contributed by atoms with Gasteiger partial charge in [-0.15, -0.1) is 0 Å². The second-order valence-corrected chi connectivity index (χ2v) is 19.6. The van der Waals surface area contributed by atoms with Gasteiger partial charge in [0, 0.05) is 27.1 Å². The fourth-order valence-electron chi connectivity index (χ4n) is 10.7. The molecule has 10 aromatic carbocycles. The third-order valence-electron chi connectivity index (χ3n) is 14.6. The Labute approximate surface area is 422 Å². The van der Waals surface area contributed by atoms with Crippen LogP contribution in [-0.4, -0.2) is 9.13 Å². The first-order valence-electron chi connectivity index (χ1n) is 24.5. The van der Waals surface area contributed by atoms with Crippen LogP contribution < -0.4 is 0 Å². The quantitative estimate of drug-likeness (QED) is 0.157. The molecule has 0 amide bonds. The lowest BCUT2D eigenvalue weighted by atomic mass is 9.93. The first kappa shape index (κ1) is 45.2. The molecule has 0 N–H and O–H groups in total. The molecule has 2 aromatic heterocycles. The monoisotopic (exact) mass is 951 g/mol. The van der Waals surface area contributed by atoms with Crippen molar-refractivity contribution in [3.8, 4) is 73.1 Å². The lowest BCUT2D eigenvalue weighted by molar-refractivity contribution is -0.137. The number of alkyl halides is 3. The van der Waals surface area contributed by atoms with Crippen molar-refractivity contribution in [3.05, 3.63) is 239 Å². The van der Waals surface area contributed by atoms with Gasteiger partial charge in [0.1, 0.15) is 0 Å². The second-order valence-electron chi connectivity index (χ2n) is 19.6. The van der Waals surface area contributed by atoms with Gasteiger partial charge in [-0.1, -0.05) is 150 Å². The molecule has 0 saturated carbocycles. The number of fused-ring (bicyclic) bond motifs is 6. The molecule has 3 nitrogen and oxygen atoms in total. The summed E-state index contributed by atoms with van der Waals surface area (Å²) < 4.78 is 48.1. The zero-order valence-corrected chi connectivity index (χ0v) is 41.0. The van der Waals surface area contributed by atoms with Gasteiger partial charge in [0.15, 0.2) is 0 Å². The lowest BCUT2D eigenvalue weighted by Gasteiger charge is -2.22. The van der Waals surface area contributed by atoms with E-state index in [-0.39, 0.29) is 0 Å². The Morgan fingerprint density at radius 3 is 0.932 bits per heavy atom. The Kier molecular flexibility index (Phi) is 10.8. The van der Waals surface area contributed by atoms with Crippen molar-refractivity contribution in [2.45, 2.75) is 40.8 Å². The molecule has 352 valence electrons. The SMILES string of the molecule is Cc1ccc(-c2ccc3c(c2)c2cc(-c4ccc(C)cc4)ccc2n3-c2cc(C#N)cc(-n3c4ccc(-c5ccc(C)cc5)cc4c4cc(-c5ccc(C)cc5)ccc43)c2-c2ccc(C(F)(F)F)cc2C)cc1. The molecule has 12 aromatic rings. The van der Waals surface area contributed by atoms with Gasteiger partial charge in [-0.25, -0.2) is 0 Å². The predicted octanol–water partition coefficient (Wildman–Crippen LogP) is 18.6. The molecule has 0 aliphatic carbocycles. The number of halogens is 3. The molecule has 0 aliphatic heterocycles. The van der Waals surface area contributed by atoms with E-state index in [0.29, 0.717) is 33.6 Å². The van der Waals surface area contributed by atoms with Gasteiger partial charge in [-0.2, -0.15) is 18.4 Å². The van der Waals surface area contributed by atoms with E-state index in [0.717, 1.165) is 88.1 Å². The second kappa shape index (κ2) is 17.4. The molecule has 12 rings (SSSR count). The normalized spacial score (nSPS) is 11.8. The predicted molar refractivity (Wildman–Crippen MR) is 296 cm³/mol. The number of aromatic nitrogens is 2. The highest BCUT2D eigenvalue weighted by molar-refractivity contribution is 6.14. The highest BCUT2D eigenvalue weighted by Crippen LogP contribution is 2.46. The Morgan fingerprint density at radius 1 is 0.356 bits per heavy atom. The number of hydrogen-bond donors (Lipinski definition) is 0. The number of nitrogens with zero attached hydrogens (tertiary/aromatic N) is 3. The van der Waals surface area contributed by atoms with Crippen LogP contribution in [0.4, 0.5) is 13.2 Å². The van der Waals surface area contributed by atoms with Gasteiger partial charge in [0.2, 0.25) is 0 Å². The van der Waals surface area contributed by atoms with Crippen LogP contribution in [0.2, 0.25) is 0 Å². The molecule has 0 fully saturated rings. The summed E-state index contributed by atoms with van der Waals surface area (Å²) in [5.41, 5.74) is 19.6. The van der Waals surface area contributed by atoms with E-state index >= 15 is 0 Å². The maximum Gasteiger partial charge on any atom is 0.416 e. The smallest absolute Gasteiger partial charge is 0.308 e. The Hall–Kier alpha value is -8.92. The molecule has 0 saturated heterocycles. The third kappa shape index (κ3) is 7.95. The van der Waals surface area contributed by atoms with Gasteiger partial charge in [0.05, 0.1) is 50.6 Å². The molecule has 73 heavy (non-hydrogen) atoms. The first-order valence-corrected chi connectivity index (χ1v) is 24.5. The number of aryl methyl sites for hydroxylation is 5. The summed E-state index contributed by atoms with van der Waals surface area (Å²) >= 11 is 0. The van der Waals surface area contributed by atoms with Crippen molar-refractivity contribution < 1.29 is 13.2 Å². The van der Waals surface area contributed by atoms with Crippen molar-refractivity contribution in [1.82, 2.24) is 9.13 Å². The van der Waals surface area contributed by atoms with Crippen molar-refractivity contribution in [3.63, 3.8) is 0 Å². The first-order chi connectivity index (χ1) is 35.3. The minimum absolute atomic E-state index is 0.406. The maximum absolute atomic E-state index is 14.6. The highest BCUT2D eigenvalue weighted by Gasteiger charge is 2.32. The number of rotatable bonds is 7. The van der Waals surface area contributed by atoms with Crippen LogP contribution in [0.25, 0.3) is 111 Å². The van der Waals surface area contributed by atoms with Gasteiger partial charge in [-0.05, 0) is 163 Å². The zero-order chi connectivity index (χ0) is 50.3. The van der Waals surface area contributed by atoms with Gasteiger partial charge < -0.3 is 9.13 Å². The van der Waals surface area contributed by atoms with E-state index in [2.05, 4.69) is 213 Å². The molecule has 0 atom stereocenters. The summed E-state index contributed by atoms with van der Waals surface area (Å²) in [4.78, 5) is 0. The van der Waals surface area contributed by atoms with Crippen LogP contribution in [0.5, 0.6) is 0 Å². The Balaban J connectivity index is 1.20. The summed E-state index contributed by atoms with van der Waals surface area (Å²) in [6.07, 6.45) is -4.55. The topological polar surface area (TPSA) is 33.6 Å². The largest absolute Gasteiger partial charge is 0.416 e. The van der Waals surface area contributed by atoms with E-state index in [1.165, 1.54) is 34.4 Å². The van der Waals surface area contributed by atoms with Crippen LogP contribution in [0.15, 0.2) is 200 Å². The van der Waals surface area contributed by atoms with Crippen molar-refractivity contribution >= 4 is 43.6 Å². The van der Waals surface area contributed by atoms with Crippen LogP contribution >= 0.6 is 0 Å². The van der Waals surface area contributed by atoms with Crippen molar-refractivity contribution in [2.24, 2.45) is 0 Å². The summed E-state index contributed by atoms with van der Waals surface area (Å²) in [5.74, 6) is 0. The van der Waals surface area contributed by atoms with Crippen molar-refractivity contribution in [1.29, 1.82) is 5.26 Å². The van der Waals surface area contributed by atoms with E-state index in [1.807, 2.05) is 12.1 Å². The average Bonchev–Trinajstić information content (AvgIpc) is 3.90. The number of benzene rings is 10. The highest BCUT2D eigenvalue weighted by atomic mass is 19.4. The lowest BCUT2D eigenvalue weighted by Crippen LogP contribution is -2.08. The molecule has 0 aliphatic rings. The van der Waals surface area contributed by atoms with Crippen LogP contribution in [0.3, 0.4) is 0 Å². The van der Waals surface area contributed by atoms with E-state index in [4.69, 9.17) is 0 Å². The van der Waals surface area contributed by atoms with E-state index in [1.54, 1.807) is 13.0 Å². The summed E-state index contributed by atoms with van der Waals surface area (Å²) in [6, 6.07) is 70.4. The van der Waals surface area contributed by atoms with Gasteiger partial charge >= 0.3 is 6.18 Å². The van der Waals surface area contributed by atoms with Crippen LogP contribution in [0.1, 0.15) is 38.9 Å². The Morgan fingerprint density at radius 2 is 0.658 bits per heavy atom. The fourth-order valence-corrected chi connectivity index (χ4v) is 10.7. The van der Waals surface area contributed by atoms with E-state index in [9.17, 15) is 18.4 Å². The molecule has 0 radical (unpaired) electrons.